The maximum atomic E-state index is 11.6. The largest absolute Gasteiger partial charge is 0.315 e. The fraction of sp³-hybridized carbons (Fsp3) is 0.455. The molecule has 0 bridgehead atoms. The Morgan fingerprint density at radius 1 is 1.57 bits per heavy atom. The maximum absolute atomic E-state index is 11.6. The molecule has 1 aliphatic carbocycles. The molecular formula is C11H13NO2. The standard InChI is InChI=1S/C11H13NO2/c1-8(13)12-7-6-11(14)9-4-2-3-5-10(9)12/h2-3,5,9H,4,6-7H2,1H3. The highest BCUT2D eigenvalue weighted by Crippen LogP contribution is 2.29. The van der Waals surface area contributed by atoms with Crippen LogP contribution in [0, 0.1) is 5.92 Å². The number of hydrogen-bond donors (Lipinski definition) is 0. The van der Waals surface area contributed by atoms with Crippen LogP contribution in [0.5, 0.6) is 0 Å². The first-order valence-electron chi connectivity index (χ1n) is 4.87. The van der Waals surface area contributed by atoms with Crippen LogP contribution in [-0.4, -0.2) is 23.1 Å². The van der Waals surface area contributed by atoms with E-state index in [0.29, 0.717) is 13.0 Å². The molecule has 1 aliphatic heterocycles. The van der Waals surface area contributed by atoms with Crippen LogP contribution in [-0.2, 0) is 9.59 Å². The first kappa shape index (κ1) is 9.19. The number of Topliss-reactive ketones (excluding diaryl/α,β-unsaturated/α-hetero) is 1. The molecule has 0 radical (unpaired) electrons. The molecule has 14 heavy (non-hydrogen) atoms. The number of rotatable bonds is 0. The topological polar surface area (TPSA) is 37.4 Å². The summed E-state index contributed by atoms with van der Waals surface area (Å²) in [5.41, 5.74) is 0.885. The first-order chi connectivity index (χ1) is 6.70. The molecule has 0 saturated carbocycles. The van der Waals surface area contributed by atoms with Gasteiger partial charge in [0.25, 0.3) is 0 Å². The van der Waals surface area contributed by atoms with E-state index in [1.54, 1.807) is 11.8 Å². The molecule has 1 saturated heterocycles. The molecule has 1 heterocycles. The highest BCUT2D eigenvalue weighted by Gasteiger charge is 2.33. The predicted octanol–water partition coefficient (Wildman–Crippen LogP) is 1.27. The van der Waals surface area contributed by atoms with E-state index >= 15 is 0 Å². The second-order valence-electron chi connectivity index (χ2n) is 3.69. The van der Waals surface area contributed by atoms with Crippen molar-refractivity contribution in [2.75, 3.05) is 6.54 Å². The Balaban J connectivity index is 2.32. The van der Waals surface area contributed by atoms with Gasteiger partial charge in [0.1, 0.15) is 5.78 Å². The van der Waals surface area contributed by atoms with Crippen molar-refractivity contribution >= 4 is 11.7 Å². The van der Waals surface area contributed by atoms with Crippen LogP contribution in [0.15, 0.2) is 23.9 Å². The van der Waals surface area contributed by atoms with Crippen molar-refractivity contribution in [3.63, 3.8) is 0 Å². The SMILES string of the molecule is CC(=O)N1CCC(=O)C2CC=CC=C21. The number of fused-ring (bicyclic) bond motifs is 1. The molecule has 0 N–H and O–H groups in total. The van der Waals surface area contributed by atoms with Gasteiger partial charge in [-0.25, -0.2) is 0 Å². The van der Waals surface area contributed by atoms with Crippen molar-refractivity contribution in [3.05, 3.63) is 23.9 Å². The number of amides is 1. The summed E-state index contributed by atoms with van der Waals surface area (Å²) < 4.78 is 0. The fourth-order valence-electron chi connectivity index (χ4n) is 2.06. The van der Waals surface area contributed by atoms with Gasteiger partial charge in [0, 0.05) is 25.6 Å². The van der Waals surface area contributed by atoms with Gasteiger partial charge < -0.3 is 4.90 Å². The summed E-state index contributed by atoms with van der Waals surface area (Å²) in [5.74, 6) is 0.222. The highest BCUT2D eigenvalue weighted by molar-refractivity contribution is 5.89. The number of ketones is 1. The molecule has 1 fully saturated rings. The zero-order chi connectivity index (χ0) is 10.1. The second kappa shape index (κ2) is 3.40. The third-order valence-corrected chi connectivity index (χ3v) is 2.79. The van der Waals surface area contributed by atoms with Crippen LogP contribution >= 0.6 is 0 Å². The predicted molar refractivity (Wildman–Crippen MR) is 52.3 cm³/mol. The van der Waals surface area contributed by atoms with Crippen LogP contribution < -0.4 is 0 Å². The molecule has 1 unspecified atom stereocenters. The lowest BCUT2D eigenvalue weighted by Gasteiger charge is -2.34. The summed E-state index contributed by atoms with van der Waals surface area (Å²) in [7, 11) is 0. The zero-order valence-electron chi connectivity index (χ0n) is 8.19. The average Bonchev–Trinajstić information content (AvgIpc) is 2.18. The summed E-state index contributed by atoms with van der Waals surface area (Å²) in [6, 6.07) is 0. The van der Waals surface area contributed by atoms with Crippen molar-refractivity contribution in [1.82, 2.24) is 4.90 Å². The molecular weight excluding hydrogens is 178 g/mol. The number of hydrogen-bond acceptors (Lipinski definition) is 2. The summed E-state index contributed by atoms with van der Waals surface area (Å²) >= 11 is 0. The maximum Gasteiger partial charge on any atom is 0.223 e. The molecule has 1 amide bonds. The summed E-state index contributed by atoms with van der Waals surface area (Å²) in [6.45, 7) is 2.09. The van der Waals surface area contributed by atoms with Crippen molar-refractivity contribution < 1.29 is 9.59 Å². The number of piperidine rings is 1. The van der Waals surface area contributed by atoms with Gasteiger partial charge >= 0.3 is 0 Å². The van der Waals surface area contributed by atoms with E-state index in [-0.39, 0.29) is 17.6 Å². The van der Waals surface area contributed by atoms with Gasteiger partial charge in [-0.05, 0) is 12.5 Å². The normalized spacial score (nSPS) is 25.8. The zero-order valence-corrected chi connectivity index (χ0v) is 8.19. The first-order valence-corrected chi connectivity index (χ1v) is 4.87. The van der Waals surface area contributed by atoms with E-state index < -0.39 is 0 Å². The third-order valence-electron chi connectivity index (χ3n) is 2.79. The average molecular weight is 191 g/mol. The third kappa shape index (κ3) is 1.39. The second-order valence-corrected chi connectivity index (χ2v) is 3.69. The van der Waals surface area contributed by atoms with Gasteiger partial charge in [0.15, 0.2) is 0 Å². The van der Waals surface area contributed by atoms with Gasteiger partial charge in [0.05, 0.1) is 5.92 Å². The van der Waals surface area contributed by atoms with Gasteiger partial charge in [-0.3, -0.25) is 9.59 Å². The van der Waals surface area contributed by atoms with Gasteiger partial charge in [-0.15, -0.1) is 0 Å². The molecule has 1 atom stereocenters. The van der Waals surface area contributed by atoms with Gasteiger partial charge in [0.2, 0.25) is 5.91 Å². The number of nitrogens with zero attached hydrogens (tertiary/aromatic N) is 1. The van der Waals surface area contributed by atoms with Gasteiger partial charge in [-0.2, -0.15) is 0 Å². The van der Waals surface area contributed by atoms with E-state index in [9.17, 15) is 9.59 Å². The Kier molecular flexibility index (Phi) is 2.23. The van der Waals surface area contributed by atoms with Crippen molar-refractivity contribution in [2.45, 2.75) is 19.8 Å². The number of likely N-dealkylation sites (tertiary alicyclic amines) is 1. The van der Waals surface area contributed by atoms with E-state index in [1.165, 1.54) is 0 Å². The van der Waals surface area contributed by atoms with E-state index in [1.807, 2.05) is 18.2 Å². The lowest BCUT2D eigenvalue weighted by atomic mass is 9.87. The molecule has 0 aromatic rings. The Hall–Kier alpha value is -1.38. The quantitative estimate of drug-likeness (QED) is 0.578. The van der Waals surface area contributed by atoms with Crippen LogP contribution in [0.3, 0.4) is 0 Å². The lowest BCUT2D eigenvalue weighted by Crippen LogP contribution is -2.41. The van der Waals surface area contributed by atoms with E-state index in [0.717, 1.165) is 12.1 Å². The minimum absolute atomic E-state index is 0.0315. The lowest BCUT2D eigenvalue weighted by molar-refractivity contribution is -0.132. The van der Waals surface area contributed by atoms with Crippen LogP contribution in [0.2, 0.25) is 0 Å². The highest BCUT2D eigenvalue weighted by atomic mass is 16.2. The molecule has 3 nitrogen and oxygen atoms in total. The molecule has 74 valence electrons. The van der Waals surface area contributed by atoms with Crippen LogP contribution in [0.4, 0.5) is 0 Å². The van der Waals surface area contributed by atoms with Crippen molar-refractivity contribution in [3.8, 4) is 0 Å². The minimum Gasteiger partial charge on any atom is -0.315 e. The van der Waals surface area contributed by atoms with Gasteiger partial charge in [-0.1, -0.05) is 12.2 Å². The minimum atomic E-state index is -0.0716. The molecule has 2 rings (SSSR count). The van der Waals surface area contributed by atoms with Crippen molar-refractivity contribution in [1.29, 1.82) is 0 Å². The molecule has 0 aromatic heterocycles. The smallest absolute Gasteiger partial charge is 0.223 e. The summed E-state index contributed by atoms with van der Waals surface area (Å²) in [5, 5.41) is 0. The number of carbonyl (C=O) groups is 2. The fourth-order valence-corrected chi connectivity index (χ4v) is 2.06. The Morgan fingerprint density at radius 3 is 3.07 bits per heavy atom. The Morgan fingerprint density at radius 2 is 2.36 bits per heavy atom. The van der Waals surface area contributed by atoms with E-state index in [2.05, 4.69) is 0 Å². The summed E-state index contributed by atoms with van der Waals surface area (Å²) in [6.07, 6.45) is 7.02. The molecule has 0 aromatic carbocycles. The monoisotopic (exact) mass is 191 g/mol. The molecule has 2 aliphatic rings. The van der Waals surface area contributed by atoms with Crippen LogP contribution in [0.25, 0.3) is 0 Å². The van der Waals surface area contributed by atoms with E-state index in [4.69, 9.17) is 0 Å². The van der Waals surface area contributed by atoms with Crippen LogP contribution in [0.1, 0.15) is 19.8 Å². The summed E-state index contributed by atoms with van der Waals surface area (Å²) in [4.78, 5) is 24.6. The van der Waals surface area contributed by atoms with Crippen molar-refractivity contribution in [2.24, 2.45) is 5.92 Å². The number of carbonyl (C=O) groups excluding carboxylic acids is 2. The Bertz CT molecular complexity index is 341. The number of allylic oxidation sites excluding steroid dienone is 4. The molecule has 3 heteroatoms. The molecule has 0 spiro atoms. The Labute approximate surface area is 83.1 Å².